The topological polar surface area (TPSA) is 29.1 Å². The van der Waals surface area contributed by atoms with E-state index in [9.17, 15) is 9.18 Å². The predicted molar refractivity (Wildman–Crippen MR) is 66.7 cm³/mol. The third-order valence-electron chi connectivity index (χ3n) is 2.21. The highest BCUT2D eigenvalue weighted by molar-refractivity contribution is 9.09. The molecule has 0 bridgehead atoms. The molecule has 0 aliphatic heterocycles. The number of rotatable bonds is 4. The second-order valence-electron chi connectivity index (χ2n) is 3.33. The molecule has 0 saturated heterocycles. The summed E-state index contributed by atoms with van der Waals surface area (Å²) in [6.07, 6.45) is 0.796. The number of halogens is 3. The van der Waals surface area contributed by atoms with Crippen molar-refractivity contribution >= 4 is 33.4 Å². The first kappa shape index (κ1) is 13.5. The first-order valence-corrected chi connectivity index (χ1v) is 6.41. The first-order chi connectivity index (χ1) is 7.60. The normalized spacial score (nSPS) is 12.2. The van der Waals surface area contributed by atoms with Crippen LogP contribution in [0.15, 0.2) is 18.2 Å². The number of carbonyl (C=O) groups excluding carboxylic acids is 1. The van der Waals surface area contributed by atoms with Crippen LogP contribution in [0.1, 0.15) is 23.7 Å². The molecule has 0 spiro atoms. The third kappa shape index (κ3) is 3.19. The second-order valence-corrected chi connectivity index (χ2v) is 4.36. The minimum Gasteiger partial charge on any atom is -0.348 e. The Morgan fingerprint density at radius 3 is 2.88 bits per heavy atom. The van der Waals surface area contributed by atoms with E-state index in [1.54, 1.807) is 0 Å². The molecule has 0 fully saturated rings. The highest BCUT2D eigenvalue weighted by Gasteiger charge is 2.15. The molecule has 0 saturated carbocycles. The van der Waals surface area contributed by atoms with Crippen molar-refractivity contribution in [2.45, 2.75) is 19.4 Å². The average Bonchev–Trinajstić information content (AvgIpc) is 2.29. The maximum absolute atomic E-state index is 13.1. The number of alkyl halides is 1. The third-order valence-corrected chi connectivity index (χ3v) is 3.38. The Balaban J connectivity index is 2.84. The molecule has 0 aliphatic carbocycles. The molecule has 2 nitrogen and oxygen atoms in total. The van der Waals surface area contributed by atoms with Crippen LogP contribution in [-0.4, -0.2) is 17.3 Å². The summed E-state index contributed by atoms with van der Waals surface area (Å²) < 4.78 is 13.1. The van der Waals surface area contributed by atoms with Crippen molar-refractivity contribution in [2.24, 2.45) is 0 Å². The summed E-state index contributed by atoms with van der Waals surface area (Å²) in [4.78, 5) is 11.8. The SMILES string of the molecule is CCC(CBr)NC(=O)c1cccc(F)c1Cl. The van der Waals surface area contributed by atoms with Gasteiger partial charge in [0.2, 0.25) is 0 Å². The van der Waals surface area contributed by atoms with Gasteiger partial charge in [0.1, 0.15) is 5.82 Å². The van der Waals surface area contributed by atoms with Gasteiger partial charge in [-0.25, -0.2) is 4.39 Å². The summed E-state index contributed by atoms with van der Waals surface area (Å²) in [6.45, 7) is 1.96. The maximum Gasteiger partial charge on any atom is 0.253 e. The fraction of sp³-hybridized carbons (Fsp3) is 0.364. The van der Waals surface area contributed by atoms with E-state index >= 15 is 0 Å². The molecule has 5 heteroatoms. The summed E-state index contributed by atoms with van der Waals surface area (Å²) in [5.74, 6) is -0.933. The van der Waals surface area contributed by atoms with E-state index in [4.69, 9.17) is 11.6 Å². The van der Waals surface area contributed by atoms with Crippen molar-refractivity contribution in [2.75, 3.05) is 5.33 Å². The molecule has 16 heavy (non-hydrogen) atoms. The van der Waals surface area contributed by atoms with Gasteiger partial charge in [0.25, 0.3) is 5.91 Å². The summed E-state index contributed by atoms with van der Waals surface area (Å²) in [5.41, 5.74) is 0.168. The molecule has 0 aromatic heterocycles. The molecule has 1 N–H and O–H groups in total. The lowest BCUT2D eigenvalue weighted by Crippen LogP contribution is -2.35. The van der Waals surface area contributed by atoms with E-state index in [-0.39, 0.29) is 22.5 Å². The van der Waals surface area contributed by atoms with Crippen LogP contribution >= 0.6 is 27.5 Å². The zero-order valence-corrected chi connectivity index (χ0v) is 11.1. The van der Waals surface area contributed by atoms with Gasteiger partial charge in [-0.1, -0.05) is 40.5 Å². The lowest BCUT2D eigenvalue weighted by Gasteiger charge is -2.14. The lowest BCUT2D eigenvalue weighted by atomic mass is 10.2. The van der Waals surface area contributed by atoms with Crippen molar-refractivity contribution in [1.29, 1.82) is 0 Å². The van der Waals surface area contributed by atoms with E-state index in [0.717, 1.165) is 6.42 Å². The Hall–Kier alpha value is -0.610. The van der Waals surface area contributed by atoms with Gasteiger partial charge < -0.3 is 5.32 Å². The van der Waals surface area contributed by atoms with Crippen molar-refractivity contribution in [1.82, 2.24) is 5.32 Å². The molecule has 1 rings (SSSR count). The van der Waals surface area contributed by atoms with Crippen LogP contribution in [-0.2, 0) is 0 Å². The summed E-state index contributed by atoms with van der Waals surface area (Å²) in [5, 5.41) is 3.28. The molecule has 1 amide bonds. The monoisotopic (exact) mass is 307 g/mol. The van der Waals surface area contributed by atoms with Gasteiger partial charge in [0.15, 0.2) is 0 Å². The molecule has 0 heterocycles. The van der Waals surface area contributed by atoms with Gasteiger partial charge in [0.05, 0.1) is 10.6 Å². The first-order valence-electron chi connectivity index (χ1n) is 4.91. The van der Waals surface area contributed by atoms with Crippen LogP contribution < -0.4 is 5.32 Å². The van der Waals surface area contributed by atoms with Crippen molar-refractivity contribution in [3.8, 4) is 0 Å². The number of nitrogens with one attached hydrogen (secondary N) is 1. The molecular formula is C11H12BrClFNO. The molecule has 1 unspecified atom stereocenters. The summed E-state index contributed by atoms with van der Waals surface area (Å²) >= 11 is 9.00. The fourth-order valence-corrected chi connectivity index (χ4v) is 2.02. The van der Waals surface area contributed by atoms with Crippen molar-refractivity contribution in [3.63, 3.8) is 0 Å². The average molecular weight is 309 g/mol. The minimum absolute atomic E-state index is 0.0202. The number of hydrogen-bond donors (Lipinski definition) is 1. The summed E-state index contributed by atoms with van der Waals surface area (Å²) in [7, 11) is 0. The molecule has 1 aromatic carbocycles. The van der Waals surface area contributed by atoms with Gasteiger partial charge in [-0.15, -0.1) is 0 Å². The zero-order chi connectivity index (χ0) is 12.1. The molecule has 0 aliphatic rings. The molecule has 88 valence electrons. The molecule has 0 radical (unpaired) electrons. The van der Waals surface area contributed by atoms with E-state index in [0.29, 0.717) is 5.33 Å². The van der Waals surface area contributed by atoms with Gasteiger partial charge in [-0.3, -0.25) is 4.79 Å². The van der Waals surface area contributed by atoms with Crippen LogP contribution in [0.5, 0.6) is 0 Å². The Morgan fingerprint density at radius 2 is 2.31 bits per heavy atom. The molecule has 1 aromatic rings. The van der Waals surface area contributed by atoms with Gasteiger partial charge >= 0.3 is 0 Å². The minimum atomic E-state index is -0.582. The van der Waals surface area contributed by atoms with Crippen LogP contribution in [0, 0.1) is 5.82 Å². The molecule has 1 atom stereocenters. The van der Waals surface area contributed by atoms with Gasteiger partial charge in [-0.05, 0) is 18.6 Å². The van der Waals surface area contributed by atoms with Crippen LogP contribution in [0.3, 0.4) is 0 Å². The second kappa shape index (κ2) is 6.21. The number of hydrogen-bond acceptors (Lipinski definition) is 1. The van der Waals surface area contributed by atoms with Crippen molar-refractivity contribution < 1.29 is 9.18 Å². The fourth-order valence-electron chi connectivity index (χ4n) is 1.19. The van der Waals surface area contributed by atoms with E-state index in [2.05, 4.69) is 21.2 Å². The molecular weight excluding hydrogens is 296 g/mol. The number of amides is 1. The van der Waals surface area contributed by atoms with Crippen molar-refractivity contribution in [3.05, 3.63) is 34.6 Å². The highest BCUT2D eigenvalue weighted by atomic mass is 79.9. The smallest absolute Gasteiger partial charge is 0.253 e. The standard InChI is InChI=1S/C11H12BrClFNO/c1-2-7(6-12)15-11(16)8-4-3-5-9(14)10(8)13/h3-5,7H,2,6H2,1H3,(H,15,16). The number of carbonyl (C=O) groups is 1. The van der Waals surface area contributed by atoms with E-state index < -0.39 is 5.82 Å². The highest BCUT2D eigenvalue weighted by Crippen LogP contribution is 2.19. The zero-order valence-electron chi connectivity index (χ0n) is 8.77. The van der Waals surface area contributed by atoms with E-state index in [1.807, 2.05) is 6.92 Å². The Morgan fingerprint density at radius 1 is 1.62 bits per heavy atom. The summed E-state index contributed by atoms with van der Waals surface area (Å²) in [6, 6.07) is 4.21. The largest absolute Gasteiger partial charge is 0.348 e. The Kier molecular flexibility index (Phi) is 5.22. The quantitative estimate of drug-likeness (QED) is 0.849. The maximum atomic E-state index is 13.1. The lowest BCUT2D eigenvalue weighted by molar-refractivity contribution is 0.0940. The van der Waals surface area contributed by atoms with Crippen LogP contribution in [0.2, 0.25) is 5.02 Å². The van der Waals surface area contributed by atoms with Gasteiger partial charge in [0, 0.05) is 11.4 Å². The Labute approximate surface area is 107 Å². The van der Waals surface area contributed by atoms with Crippen LogP contribution in [0.25, 0.3) is 0 Å². The number of benzene rings is 1. The van der Waals surface area contributed by atoms with E-state index in [1.165, 1.54) is 18.2 Å². The predicted octanol–water partition coefficient (Wildman–Crippen LogP) is 3.38. The van der Waals surface area contributed by atoms with Gasteiger partial charge in [-0.2, -0.15) is 0 Å². The van der Waals surface area contributed by atoms with Crippen LogP contribution in [0.4, 0.5) is 4.39 Å². The Bertz CT molecular complexity index is 382.